The molecule has 18 heavy (non-hydrogen) atoms. The Hall–Kier alpha value is -1.24. The summed E-state index contributed by atoms with van der Waals surface area (Å²) in [6, 6.07) is 0.396. The lowest BCUT2D eigenvalue weighted by Crippen LogP contribution is -2.28. The van der Waals surface area contributed by atoms with Gasteiger partial charge in [0.1, 0.15) is 0 Å². The van der Waals surface area contributed by atoms with Crippen LogP contribution in [0.3, 0.4) is 0 Å². The highest BCUT2D eigenvalue weighted by molar-refractivity contribution is 5.29. The fraction of sp³-hybridized carbons (Fsp3) is 0.529. The lowest BCUT2D eigenvalue weighted by molar-refractivity contribution is 0.355. The zero-order valence-corrected chi connectivity index (χ0v) is 12.7. The molecule has 1 nitrogen and oxygen atoms in total. The van der Waals surface area contributed by atoms with Gasteiger partial charge in [0.15, 0.2) is 0 Å². The Kier molecular flexibility index (Phi) is 9.08. The van der Waals surface area contributed by atoms with Gasteiger partial charge in [-0.2, -0.15) is 0 Å². The van der Waals surface area contributed by atoms with E-state index in [2.05, 4.69) is 70.5 Å². The fourth-order valence-corrected chi connectivity index (χ4v) is 1.91. The Morgan fingerprint density at radius 2 is 1.89 bits per heavy atom. The summed E-state index contributed by atoms with van der Waals surface area (Å²) in [5.41, 5.74) is 2.57. The topological polar surface area (TPSA) is 3.24 Å². The highest BCUT2D eigenvalue weighted by atomic mass is 15.1. The Labute approximate surface area is 114 Å². The molecule has 0 aliphatic heterocycles. The molecule has 1 atom stereocenters. The van der Waals surface area contributed by atoms with E-state index in [0.717, 1.165) is 19.3 Å². The highest BCUT2D eigenvalue weighted by Crippen LogP contribution is 2.15. The first-order valence-corrected chi connectivity index (χ1v) is 7.00. The second-order valence-electron chi connectivity index (χ2n) is 4.56. The van der Waals surface area contributed by atoms with Gasteiger partial charge in [-0.3, -0.25) is 0 Å². The highest BCUT2D eigenvalue weighted by Gasteiger charge is 2.09. The van der Waals surface area contributed by atoms with Gasteiger partial charge < -0.3 is 4.90 Å². The van der Waals surface area contributed by atoms with Crippen molar-refractivity contribution < 1.29 is 0 Å². The molecule has 0 saturated carbocycles. The van der Waals surface area contributed by atoms with Crippen LogP contribution in [0.2, 0.25) is 0 Å². The number of allylic oxidation sites excluding steroid dienone is 5. The third-order valence-electron chi connectivity index (χ3n) is 3.02. The summed E-state index contributed by atoms with van der Waals surface area (Å²) in [6.45, 7) is 12.6. The summed E-state index contributed by atoms with van der Waals surface area (Å²) >= 11 is 0. The molecule has 0 heterocycles. The van der Waals surface area contributed by atoms with Crippen LogP contribution in [-0.2, 0) is 0 Å². The van der Waals surface area contributed by atoms with Gasteiger partial charge in [0, 0.05) is 18.8 Å². The van der Waals surface area contributed by atoms with Gasteiger partial charge in [0.25, 0.3) is 0 Å². The van der Waals surface area contributed by atoms with E-state index in [1.807, 2.05) is 6.08 Å². The Bertz CT molecular complexity index is 321. The van der Waals surface area contributed by atoms with Crippen molar-refractivity contribution in [2.24, 2.45) is 0 Å². The monoisotopic (exact) mass is 247 g/mol. The van der Waals surface area contributed by atoms with Gasteiger partial charge in [0.05, 0.1) is 0 Å². The van der Waals surface area contributed by atoms with Crippen molar-refractivity contribution in [2.45, 2.75) is 53.0 Å². The molecule has 0 amide bonds. The first-order valence-electron chi connectivity index (χ1n) is 7.00. The molecule has 0 aliphatic carbocycles. The van der Waals surface area contributed by atoms with Crippen LogP contribution in [0.1, 0.15) is 47.0 Å². The van der Waals surface area contributed by atoms with Gasteiger partial charge >= 0.3 is 0 Å². The minimum atomic E-state index is 0.396. The van der Waals surface area contributed by atoms with Gasteiger partial charge in [-0.1, -0.05) is 44.6 Å². The van der Waals surface area contributed by atoms with Crippen molar-refractivity contribution in [2.75, 3.05) is 7.05 Å². The summed E-state index contributed by atoms with van der Waals surface area (Å²) in [6.07, 6.45) is 14.2. The molecular weight excluding hydrogens is 218 g/mol. The van der Waals surface area contributed by atoms with Crippen LogP contribution >= 0.6 is 0 Å². The standard InChI is InChI=1S/C17H29N/c1-7-11-13-17(14-15(5)12-8-2)18(6)16(9-3)10-4/h9,11-14,16H,3,7-8,10H2,1-2,4-6H3. The predicted octanol–water partition coefficient (Wildman–Crippen LogP) is 5.09. The van der Waals surface area contributed by atoms with Crippen molar-refractivity contribution in [3.05, 3.63) is 48.2 Å². The van der Waals surface area contributed by atoms with Crippen LogP contribution in [0.4, 0.5) is 0 Å². The van der Waals surface area contributed by atoms with E-state index in [0.29, 0.717) is 6.04 Å². The van der Waals surface area contributed by atoms with E-state index >= 15 is 0 Å². The number of nitrogens with zero attached hydrogens (tertiary/aromatic N) is 1. The number of rotatable bonds is 8. The average Bonchev–Trinajstić information content (AvgIpc) is 2.36. The Morgan fingerprint density at radius 1 is 1.22 bits per heavy atom. The molecule has 0 aromatic rings. The predicted molar refractivity (Wildman–Crippen MR) is 83.6 cm³/mol. The van der Waals surface area contributed by atoms with Crippen LogP contribution in [0.25, 0.3) is 0 Å². The van der Waals surface area contributed by atoms with Crippen molar-refractivity contribution in [1.29, 1.82) is 0 Å². The summed E-state index contributed by atoms with van der Waals surface area (Å²) in [5, 5.41) is 0. The molecule has 0 N–H and O–H groups in total. The van der Waals surface area contributed by atoms with Crippen molar-refractivity contribution in [3.8, 4) is 0 Å². The fourth-order valence-electron chi connectivity index (χ4n) is 1.91. The van der Waals surface area contributed by atoms with E-state index < -0.39 is 0 Å². The smallest absolute Gasteiger partial charge is 0.0464 e. The van der Waals surface area contributed by atoms with Crippen LogP contribution in [-0.4, -0.2) is 18.0 Å². The maximum atomic E-state index is 3.92. The molecule has 0 saturated heterocycles. The molecule has 0 spiro atoms. The molecule has 0 aromatic heterocycles. The molecule has 0 radical (unpaired) electrons. The van der Waals surface area contributed by atoms with Gasteiger partial charge in [-0.15, -0.1) is 6.58 Å². The largest absolute Gasteiger partial charge is 0.368 e. The van der Waals surface area contributed by atoms with Crippen LogP contribution < -0.4 is 0 Å². The summed E-state index contributed by atoms with van der Waals surface area (Å²) in [5.74, 6) is 0. The first-order chi connectivity index (χ1) is 8.60. The van der Waals surface area contributed by atoms with Gasteiger partial charge in [0.2, 0.25) is 0 Å². The van der Waals surface area contributed by atoms with Gasteiger partial charge in [-0.05, 0) is 38.3 Å². The summed E-state index contributed by atoms with van der Waals surface area (Å²) < 4.78 is 0. The Balaban J connectivity index is 5.15. The average molecular weight is 247 g/mol. The maximum absolute atomic E-state index is 3.92. The van der Waals surface area contributed by atoms with E-state index in [9.17, 15) is 0 Å². The first kappa shape index (κ1) is 16.8. The molecule has 0 rings (SSSR count). The van der Waals surface area contributed by atoms with E-state index in [1.54, 1.807) is 0 Å². The molecule has 0 aliphatic rings. The maximum Gasteiger partial charge on any atom is 0.0464 e. The molecule has 0 fully saturated rings. The van der Waals surface area contributed by atoms with Gasteiger partial charge in [-0.25, -0.2) is 0 Å². The minimum absolute atomic E-state index is 0.396. The van der Waals surface area contributed by atoms with E-state index in [4.69, 9.17) is 0 Å². The lowest BCUT2D eigenvalue weighted by Gasteiger charge is -2.28. The second kappa shape index (κ2) is 9.76. The number of hydrogen-bond donors (Lipinski definition) is 0. The normalized spacial score (nSPS) is 14.9. The number of hydrogen-bond acceptors (Lipinski definition) is 1. The molecule has 1 unspecified atom stereocenters. The molecule has 0 bridgehead atoms. The summed E-state index contributed by atoms with van der Waals surface area (Å²) in [4.78, 5) is 2.30. The SMILES string of the molecule is C=CC(CC)N(C)C(C=CCC)=CC(C)=CCC. The summed E-state index contributed by atoms with van der Waals surface area (Å²) in [7, 11) is 2.14. The van der Waals surface area contributed by atoms with Crippen molar-refractivity contribution in [1.82, 2.24) is 4.90 Å². The molecular formula is C17H29N. The minimum Gasteiger partial charge on any atom is -0.368 e. The quantitative estimate of drug-likeness (QED) is 0.426. The zero-order chi connectivity index (χ0) is 14.0. The van der Waals surface area contributed by atoms with Crippen LogP contribution in [0.5, 0.6) is 0 Å². The number of likely N-dealkylation sites (N-methyl/N-ethyl adjacent to an activating group) is 1. The molecule has 0 aromatic carbocycles. The van der Waals surface area contributed by atoms with Crippen molar-refractivity contribution in [3.63, 3.8) is 0 Å². The third-order valence-corrected chi connectivity index (χ3v) is 3.02. The van der Waals surface area contributed by atoms with E-state index in [-0.39, 0.29) is 0 Å². The van der Waals surface area contributed by atoms with Crippen LogP contribution in [0.15, 0.2) is 48.2 Å². The van der Waals surface area contributed by atoms with Crippen LogP contribution in [0, 0.1) is 0 Å². The third kappa shape index (κ3) is 5.90. The molecule has 1 heteroatoms. The molecule has 102 valence electrons. The lowest BCUT2D eigenvalue weighted by atomic mass is 10.1. The van der Waals surface area contributed by atoms with Crippen molar-refractivity contribution >= 4 is 0 Å². The van der Waals surface area contributed by atoms with E-state index in [1.165, 1.54) is 11.3 Å². The second-order valence-corrected chi connectivity index (χ2v) is 4.56. The Morgan fingerprint density at radius 3 is 2.33 bits per heavy atom. The zero-order valence-electron chi connectivity index (χ0n) is 12.7.